The van der Waals surface area contributed by atoms with Crippen LogP contribution in [0.15, 0.2) is 48.5 Å². The van der Waals surface area contributed by atoms with Crippen LogP contribution in [0.25, 0.3) is 0 Å². The molecule has 1 nitrogen and oxygen atoms in total. The Morgan fingerprint density at radius 3 is 2.00 bits per heavy atom. The van der Waals surface area contributed by atoms with Crippen molar-refractivity contribution >= 4 is 6.29 Å². The summed E-state index contributed by atoms with van der Waals surface area (Å²) in [5.41, 5.74) is 4.53. The Kier molecular flexibility index (Phi) is 3.38. The van der Waals surface area contributed by atoms with Crippen molar-refractivity contribution in [2.75, 3.05) is 0 Å². The first-order valence-corrected chi connectivity index (χ1v) is 5.80. The summed E-state index contributed by atoms with van der Waals surface area (Å²) >= 11 is 0. The molecule has 17 heavy (non-hydrogen) atoms. The van der Waals surface area contributed by atoms with E-state index < -0.39 is 0 Å². The van der Waals surface area contributed by atoms with Crippen molar-refractivity contribution in [3.8, 4) is 0 Å². The minimum atomic E-state index is -0.155. The van der Waals surface area contributed by atoms with Crippen LogP contribution in [0, 0.1) is 13.8 Å². The highest BCUT2D eigenvalue weighted by atomic mass is 16.1. The predicted octanol–water partition coefficient (Wildman–Crippen LogP) is 3.63. The summed E-state index contributed by atoms with van der Waals surface area (Å²) in [5.74, 6) is -0.155. The first-order chi connectivity index (χ1) is 8.24. The minimum absolute atomic E-state index is 0.155. The Bertz CT molecular complexity index is 494. The molecule has 0 aromatic heterocycles. The summed E-state index contributed by atoms with van der Waals surface area (Å²) in [6, 6.07) is 16.1. The topological polar surface area (TPSA) is 17.1 Å². The third-order valence-electron chi connectivity index (χ3n) is 3.15. The smallest absolute Gasteiger partial charge is 0.131 e. The van der Waals surface area contributed by atoms with Crippen LogP contribution in [-0.4, -0.2) is 6.29 Å². The maximum absolute atomic E-state index is 11.4. The molecule has 0 saturated carbocycles. The fourth-order valence-corrected chi connectivity index (χ4v) is 2.29. The molecule has 0 saturated heterocycles. The van der Waals surface area contributed by atoms with Crippen molar-refractivity contribution in [3.05, 3.63) is 70.8 Å². The maximum atomic E-state index is 11.4. The van der Waals surface area contributed by atoms with Crippen LogP contribution in [0.4, 0.5) is 0 Å². The van der Waals surface area contributed by atoms with Crippen molar-refractivity contribution in [3.63, 3.8) is 0 Å². The van der Waals surface area contributed by atoms with E-state index in [9.17, 15) is 4.79 Å². The van der Waals surface area contributed by atoms with E-state index in [2.05, 4.69) is 26.0 Å². The first-order valence-electron chi connectivity index (χ1n) is 5.80. The summed E-state index contributed by atoms with van der Waals surface area (Å²) in [5, 5.41) is 0. The Labute approximate surface area is 102 Å². The molecule has 0 radical (unpaired) electrons. The molecule has 2 aromatic carbocycles. The van der Waals surface area contributed by atoms with Crippen LogP contribution in [0.2, 0.25) is 0 Å². The van der Waals surface area contributed by atoms with E-state index in [4.69, 9.17) is 0 Å². The van der Waals surface area contributed by atoms with Crippen molar-refractivity contribution in [2.45, 2.75) is 19.8 Å². The molecular formula is C16H16O. The van der Waals surface area contributed by atoms with Crippen molar-refractivity contribution in [1.82, 2.24) is 0 Å². The molecule has 1 unspecified atom stereocenters. The molecule has 86 valence electrons. The summed E-state index contributed by atoms with van der Waals surface area (Å²) in [6.45, 7) is 4.11. The van der Waals surface area contributed by atoms with Gasteiger partial charge in [0.25, 0.3) is 0 Å². The zero-order valence-electron chi connectivity index (χ0n) is 10.2. The highest BCUT2D eigenvalue weighted by Gasteiger charge is 2.16. The summed E-state index contributed by atoms with van der Waals surface area (Å²) in [4.78, 5) is 11.4. The average molecular weight is 224 g/mol. The molecule has 2 aromatic rings. The van der Waals surface area contributed by atoms with Crippen LogP contribution in [0.1, 0.15) is 28.2 Å². The number of hydrogen-bond acceptors (Lipinski definition) is 1. The molecule has 0 bridgehead atoms. The van der Waals surface area contributed by atoms with E-state index in [-0.39, 0.29) is 5.92 Å². The van der Waals surface area contributed by atoms with Gasteiger partial charge in [-0.05, 0) is 36.1 Å². The van der Waals surface area contributed by atoms with Crippen LogP contribution >= 0.6 is 0 Å². The van der Waals surface area contributed by atoms with Gasteiger partial charge in [-0.3, -0.25) is 0 Å². The Morgan fingerprint density at radius 2 is 1.47 bits per heavy atom. The van der Waals surface area contributed by atoms with Gasteiger partial charge in [-0.2, -0.15) is 0 Å². The predicted molar refractivity (Wildman–Crippen MR) is 70.3 cm³/mol. The average Bonchev–Trinajstić information content (AvgIpc) is 2.35. The zero-order chi connectivity index (χ0) is 12.3. The van der Waals surface area contributed by atoms with Gasteiger partial charge >= 0.3 is 0 Å². The van der Waals surface area contributed by atoms with Crippen molar-refractivity contribution in [1.29, 1.82) is 0 Å². The van der Waals surface area contributed by atoms with Gasteiger partial charge in [0.2, 0.25) is 0 Å². The Balaban J connectivity index is 2.54. The molecule has 2 rings (SSSR count). The van der Waals surface area contributed by atoms with Gasteiger partial charge < -0.3 is 4.79 Å². The van der Waals surface area contributed by atoms with E-state index in [1.165, 1.54) is 11.1 Å². The van der Waals surface area contributed by atoms with Crippen LogP contribution in [0.3, 0.4) is 0 Å². The molecule has 1 heteroatoms. The molecule has 0 aliphatic carbocycles. The van der Waals surface area contributed by atoms with Crippen LogP contribution in [-0.2, 0) is 4.79 Å². The maximum Gasteiger partial charge on any atom is 0.131 e. The van der Waals surface area contributed by atoms with Crippen LogP contribution < -0.4 is 0 Å². The fraction of sp³-hybridized carbons (Fsp3) is 0.188. The van der Waals surface area contributed by atoms with Crippen molar-refractivity contribution in [2.24, 2.45) is 0 Å². The fourth-order valence-electron chi connectivity index (χ4n) is 2.29. The lowest BCUT2D eigenvalue weighted by atomic mass is 9.87. The normalized spacial score (nSPS) is 12.1. The van der Waals surface area contributed by atoms with E-state index in [1.54, 1.807) is 0 Å². The zero-order valence-corrected chi connectivity index (χ0v) is 10.2. The number of aryl methyl sites for hydroxylation is 2. The van der Waals surface area contributed by atoms with Gasteiger partial charge in [-0.1, -0.05) is 48.5 Å². The van der Waals surface area contributed by atoms with E-state index in [1.807, 2.05) is 36.4 Å². The van der Waals surface area contributed by atoms with Gasteiger partial charge in [0.1, 0.15) is 6.29 Å². The highest BCUT2D eigenvalue weighted by Crippen LogP contribution is 2.28. The third-order valence-corrected chi connectivity index (χ3v) is 3.15. The second kappa shape index (κ2) is 4.96. The molecule has 0 fully saturated rings. The van der Waals surface area contributed by atoms with Gasteiger partial charge in [0.05, 0.1) is 5.92 Å². The quantitative estimate of drug-likeness (QED) is 0.727. The number of aldehydes is 1. The number of hydrogen-bond donors (Lipinski definition) is 0. The molecule has 1 atom stereocenters. The number of rotatable bonds is 3. The Morgan fingerprint density at radius 1 is 0.882 bits per heavy atom. The number of carbonyl (C=O) groups excluding carboxylic acids is 1. The minimum Gasteiger partial charge on any atom is -0.302 e. The highest BCUT2D eigenvalue weighted by molar-refractivity contribution is 5.70. The van der Waals surface area contributed by atoms with Gasteiger partial charge in [-0.25, -0.2) is 0 Å². The van der Waals surface area contributed by atoms with Crippen LogP contribution in [0.5, 0.6) is 0 Å². The number of benzene rings is 2. The molecule has 0 N–H and O–H groups in total. The van der Waals surface area contributed by atoms with Gasteiger partial charge in [-0.15, -0.1) is 0 Å². The first kappa shape index (κ1) is 11.6. The molecule has 0 spiro atoms. The SMILES string of the molecule is Cc1cccc(C)c1C(C=O)c1ccccc1. The Hall–Kier alpha value is -1.89. The van der Waals surface area contributed by atoms with Crippen molar-refractivity contribution < 1.29 is 4.79 Å². The lowest BCUT2D eigenvalue weighted by molar-refractivity contribution is -0.108. The summed E-state index contributed by atoms with van der Waals surface area (Å²) < 4.78 is 0. The lowest BCUT2D eigenvalue weighted by Gasteiger charge is -2.16. The van der Waals surface area contributed by atoms with E-state index in [0.717, 1.165) is 17.4 Å². The molecule has 0 aliphatic rings. The number of carbonyl (C=O) groups is 1. The second-order valence-electron chi connectivity index (χ2n) is 4.33. The summed E-state index contributed by atoms with van der Waals surface area (Å²) in [6.07, 6.45) is 1.03. The molecule has 0 aliphatic heterocycles. The standard InChI is InChI=1S/C16H16O/c1-12-7-6-8-13(2)16(12)15(11-17)14-9-4-3-5-10-14/h3-11,15H,1-2H3. The molecule has 0 heterocycles. The van der Waals surface area contributed by atoms with E-state index >= 15 is 0 Å². The second-order valence-corrected chi connectivity index (χ2v) is 4.33. The van der Waals surface area contributed by atoms with Gasteiger partial charge in [0, 0.05) is 0 Å². The molecular weight excluding hydrogens is 208 g/mol. The van der Waals surface area contributed by atoms with E-state index in [0.29, 0.717) is 0 Å². The third kappa shape index (κ3) is 2.28. The van der Waals surface area contributed by atoms with Gasteiger partial charge in [0.15, 0.2) is 0 Å². The molecule has 0 amide bonds. The lowest BCUT2D eigenvalue weighted by Crippen LogP contribution is -2.06. The largest absolute Gasteiger partial charge is 0.302 e. The monoisotopic (exact) mass is 224 g/mol. The summed E-state index contributed by atoms with van der Waals surface area (Å²) in [7, 11) is 0.